The SMILES string of the molecule is CC1(C)c2ccccc2-c2c(N(c3ccc4c(c3)c3ccccc3n4-c3ccccc3)c3cccc4c3oc3c5ccccc5ccc43)cccc21. The van der Waals surface area contributed by atoms with Gasteiger partial charge in [0, 0.05) is 49.3 Å². The number of hydrogen-bond acceptors (Lipinski definition) is 2. The Kier molecular flexibility index (Phi) is 6.01. The number of anilines is 3. The van der Waals surface area contributed by atoms with E-state index in [1.54, 1.807) is 0 Å². The van der Waals surface area contributed by atoms with Gasteiger partial charge >= 0.3 is 0 Å². The molecule has 2 aromatic heterocycles. The highest BCUT2D eigenvalue weighted by Crippen LogP contribution is 2.55. The number of para-hydroxylation sites is 3. The highest BCUT2D eigenvalue weighted by Gasteiger charge is 2.38. The van der Waals surface area contributed by atoms with Gasteiger partial charge < -0.3 is 13.9 Å². The minimum Gasteiger partial charge on any atom is -0.453 e. The Balaban J connectivity index is 1.24. The van der Waals surface area contributed by atoms with E-state index in [2.05, 4.69) is 193 Å². The Hall–Kier alpha value is -6.58. The van der Waals surface area contributed by atoms with E-state index in [9.17, 15) is 0 Å². The van der Waals surface area contributed by atoms with E-state index in [0.717, 1.165) is 50.1 Å². The average molecular weight is 667 g/mol. The number of aromatic nitrogens is 1. The molecule has 1 aliphatic carbocycles. The van der Waals surface area contributed by atoms with Gasteiger partial charge in [-0.2, -0.15) is 0 Å². The predicted molar refractivity (Wildman–Crippen MR) is 218 cm³/mol. The van der Waals surface area contributed by atoms with E-state index >= 15 is 0 Å². The maximum Gasteiger partial charge on any atom is 0.159 e. The van der Waals surface area contributed by atoms with Crippen LogP contribution in [0.15, 0.2) is 174 Å². The van der Waals surface area contributed by atoms with Gasteiger partial charge in [-0.05, 0) is 76.7 Å². The monoisotopic (exact) mass is 666 g/mol. The lowest BCUT2D eigenvalue weighted by Gasteiger charge is -2.29. The molecule has 10 aromatic rings. The van der Waals surface area contributed by atoms with Gasteiger partial charge in [0.05, 0.1) is 22.4 Å². The van der Waals surface area contributed by atoms with Crippen molar-refractivity contribution in [3.8, 4) is 16.8 Å². The number of rotatable bonds is 4. The molecule has 3 heteroatoms. The van der Waals surface area contributed by atoms with Crippen molar-refractivity contribution in [2.75, 3.05) is 4.90 Å². The lowest BCUT2D eigenvalue weighted by atomic mass is 9.82. The molecule has 1 aliphatic rings. The van der Waals surface area contributed by atoms with E-state index in [1.165, 1.54) is 49.4 Å². The van der Waals surface area contributed by atoms with Crippen LogP contribution in [0.1, 0.15) is 25.0 Å². The topological polar surface area (TPSA) is 21.3 Å². The lowest BCUT2D eigenvalue weighted by molar-refractivity contribution is 0.660. The van der Waals surface area contributed by atoms with Crippen LogP contribution in [0.25, 0.3) is 71.3 Å². The second kappa shape index (κ2) is 10.7. The van der Waals surface area contributed by atoms with E-state index in [0.29, 0.717) is 0 Å². The van der Waals surface area contributed by atoms with E-state index < -0.39 is 0 Å². The molecule has 0 bridgehead atoms. The summed E-state index contributed by atoms with van der Waals surface area (Å²) in [7, 11) is 0. The number of fused-ring (bicyclic) bond motifs is 11. The number of nitrogens with zero attached hydrogens (tertiary/aromatic N) is 2. The molecular weight excluding hydrogens is 633 g/mol. The zero-order valence-corrected chi connectivity index (χ0v) is 29.0. The van der Waals surface area contributed by atoms with E-state index in [4.69, 9.17) is 4.42 Å². The van der Waals surface area contributed by atoms with Crippen molar-refractivity contribution >= 4 is 71.6 Å². The smallest absolute Gasteiger partial charge is 0.159 e. The van der Waals surface area contributed by atoms with Gasteiger partial charge in [0.2, 0.25) is 0 Å². The molecule has 0 amide bonds. The summed E-state index contributed by atoms with van der Waals surface area (Å²) < 4.78 is 9.40. The summed E-state index contributed by atoms with van der Waals surface area (Å²) in [5, 5.41) is 6.96. The van der Waals surface area contributed by atoms with Crippen LogP contribution in [0.4, 0.5) is 17.1 Å². The Morgan fingerprint density at radius 3 is 2.06 bits per heavy atom. The third-order valence-corrected chi connectivity index (χ3v) is 11.4. The molecule has 3 nitrogen and oxygen atoms in total. The molecule has 0 radical (unpaired) electrons. The van der Waals surface area contributed by atoms with Gasteiger partial charge in [0.1, 0.15) is 5.58 Å². The molecule has 0 aliphatic heterocycles. The van der Waals surface area contributed by atoms with E-state index in [-0.39, 0.29) is 5.41 Å². The largest absolute Gasteiger partial charge is 0.453 e. The predicted octanol–water partition coefficient (Wildman–Crippen LogP) is 13.6. The Morgan fingerprint density at radius 2 is 1.15 bits per heavy atom. The van der Waals surface area contributed by atoms with Crippen molar-refractivity contribution < 1.29 is 4.42 Å². The number of hydrogen-bond donors (Lipinski definition) is 0. The van der Waals surface area contributed by atoms with Gasteiger partial charge in [0.15, 0.2) is 5.58 Å². The van der Waals surface area contributed by atoms with Crippen LogP contribution in [-0.4, -0.2) is 4.57 Å². The molecule has 2 heterocycles. The molecule has 0 saturated carbocycles. The molecular formula is C49H34N2O. The van der Waals surface area contributed by atoms with Gasteiger partial charge in [-0.3, -0.25) is 0 Å². The van der Waals surface area contributed by atoms with Gasteiger partial charge in [-0.15, -0.1) is 0 Å². The van der Waals surface area contributed by atoms with Crippen LogP contribution in [0.3, 0.4) is 0 Å². The van der Waals surface area contributed by atoms with Crippen LogP contribution in [0.2, 0.25) is 0 Å². The van der Waals surface area contributed by atoms with Crippen molar-refractivity contribution in [1.29, 1.82) is 0 Å². The van der Waals surface area contributed by atoms with Crippen molar-refractivity contribution in [3.63, 3.8) is 0 Å². The first-order valence-electron chi connectivity index (χ1n) is 18.0. The molecule has 0 spiro atoms. The highest BCUT2D eigenvalue weighted by atomic mass is 16.3. The summed E-state index contributed by atoms with van der Waals surface area (Å²) in [5.41, 5.74) is 13.7. The molecule has 0 fully saturated rings. The van der Waals surface area contributed by atoms with Crippen molar-refractivity contribution in [2.45, 2.75) is 19.3 Å². The fourth-order valence-electron chi connectivity index (χ4n) is 8.97. The minimum atomic E-state index is -0.134. The molecule has 0 N–H and O–H groups in total. The van der Waals surface area contributed by atoms with Gasteiger partial charge in [-0.1, -0.05) is 129 Å². The number of furan rings is 1. The average Bonchev–Trinajstić information content (AvgIpc) is 3.82. The zero-order chi connectivity index (χ0) is 34.6. The summed E-state index contributed by atoms with van der Waals surface area (Å²) in [5.74, 6) is 0. The fourth-order valence-corrected chi connectivity index (χ4v) is 8.97. The zero-order valence-electron chi connectivity index (χ0n) is 29.0. The minimum absolute atomic E-state index is 0.134. The second-order valence-corrected chi connectivity index (χ2v) is 14.5. The molecule has 246 valence electrons. The van der Waals surface area contributed by atoms with E-state index in [1.807, 2.05) is 0 Å². The first kappa shape index (κ1) is 29.2. The summed E-state index contributed by atoms with van der Waals surface area (Å²) in [6.07, 6.45) is 0. The van der Waals surface area contributed by atoms with Crippen molar-refractivity contribution in [2.24, 2.45) is 0 Å². The first-order valence-corrected chi connectivity index (χ1v) is 18.0. The molecule has 0 unspecified atom stereocenters. The standard InChI is InChI=1S/C49H34N2O/c1-49(2)40-21-10-8-19-38(40)46-41(49)22-13-24-44(46)51(45-25-12-20-36-37-28-26-31-14-6-7-17-34(31)47(37)52-48(36)45)33-27-29-43-39(30-33)35-18-9-11-23-42(35)50(43)32-15-4-3-5-16-32/h3-30H,1-2H3. The van der Waals surface area contributed by atoms with Crippen LogP contribution in [0, 0.1) is 0 Å². The summed E-state index contributed by atoms with van der Waals surface area (Å²) in [6, 6.07) is 61.6. The van der Waals surface area contributed by atoms with Crippen LogP contribution in [-0.2, 0) is 5.41 Å². The van der Waals surface area contributed by atoms with Crippen LogP contribution < -0.4 is 4.90 Å². The first-order chi connectivity index (χ1) is 25.6. The van der Waals surface area contributed by atoms with Crippen LogP contribution >= 0.6 is 0 Å². The normalized spacial score (nSPS) is 13.3. The maximum atomic E-state index is 7.02. The third-order valence-electron chi connectivity index (χ3n) is 11.4. The Morgan fingerprint density at radius 1 is 0.481 bits per heavy atom. The highest BCUT2D eigenvalue weighted by molar-refractivity contribution is 6.18. The summed E-state index contributed by atoms with van der Waals surface area (Å²) in [4.78, 5) is 2.44. The summed E-state index contributed by atoms with van der Waals surface area (Å²) >= 11 is 0. The number of benzene rings is 8. The van der Waals surface area contributed by atoms with Gasteiger partial charge in [-0.25, -0.2) is 0 Å². The fraction of sp³-hybridized carbons (Fsp3) is 0.0612. The van der Waals surface area contributed by atoms with Gasteiger partial charge in [0.25, 0.3) is 0 Å². The lowest BCUT2D eigenvalue weighted by Crippen LogP contribution is -2.16. The third kappa shape index (κ3) is 3.96. The summed E-state index contributed by atoms with van der Waals surface area (Å²) in [6.45, 7) is 4.70. The van der Waals surface area contributed by atoms with Crippen LogP contribution in [0.5, 0.6) is 0 Å². The Labute approximate surface area is 301 Å². The second-order valence-electron chi connectivity index (χ2n) is 14.5. The molecule has 8 aromatic carbocycles. The maximum absolute atomic E-state index is 7.02. The molecule has 11 rings (SSSR count). The molecule has 0 saturated heterocycles. The Bertz CT molecular complexity index is 3050. The van der Waals surface area contributed by atoms with Crippen molar-refractivity contribution in [3.05, 3.63) is 181 Å². The molecule has 0 atom stereocenters. The molecule has 52 heavy (non-hydrogen) atoms. The van der Waals surface area contributed by atoms with Crippen molar-refractivity contribution in [1.82, 2.24) is 4.57 Å². The quantitative estimate of drug-likeness (QED) is 0.186.